The number of piperidine rings is 1. The van der Waals surface area contributed by atoms with E-state index in [4.69, 9.17) is 21.9 Å². The van der Waals surface area contributed by atoms with Gasteiger partial charge in [-0.1, -0.05) is 19.0 Å². The van der Waals surface area contributed by atoms with Crippen LogP contribution in [0, 0.1) is 0 Å². The fraction of sp³-hybridized carbons (Fsp3) is 0.600. The first-order chi connectivity index (χ1) is 15.3. The third-order valence-electron chi connectivity index (χ3n) is 2.19. The number of likely N-dealkylation sites (tertiary alicyclic amines) is 1. The molecule has 1 aromatic rings. The van der Waals surface area contributed by atoms with Gasteiger partial charge in [0.25, 0.3) is 0 Å². The van der Waals surface area contributed by atoms with Crippen molar-refractivity contribution >= 4 is 9.84 Å². The SMILES string of the molecule is [2H]c1c([2H])c([C@@]2([2H])C([2H])([2H])N(CCC)C([2H])([2H])C([2H])([2H])C2([2H])[2H])c([2H])c(S(=O)(=O)C([2H])([2H])[2H])c1[2H]. The number of sulfone groups is 1. The molecule has 0 aromatic heterocycles. The van der Waals surface area contributed by atoms with Crippen LogP contribution in [0.3, 0.4) is 0 Å². The van der Waals surface area contributed by atoms with E-state index < -0.39 is 88.8 Å². The third-order valence-corrected chi connectivity index (χ3v) is 2.93. The number of benzene rings is 1. The average molecular weight is 298 g/mol. The zero-order valence-electron chi connectivity index (χ0n) is 26.1. The van der Waals surface area contributed by atoms with Crippen molar-refractivity contribution < 1.29 is 30.3 Å². The fourth-order valence-corrected chi connectivity index (χ4v) is 1.81. The monoisotopic (exact) mass is 297 g/mol. The Morgan fingerprint density at radius 1 is 1.63 bits per heavy atom. The highest BCUT2D eigenvalue weighted by Crippen LogP contribution is 2.28. The first-order valence-corrected chi connectivity index (χ1v) is 6.95. The molecular weight excluding hydrogens is 258 g/mol. The topological polar surface area (TPSA) is 37.4 Å². The van der Waals surface area contributed by atoms with Crippen molar-refractivity contribution in [2.24, 2.45) is 0 Å². The molecule has 0 aliphatic carbocycles. The van der Waals surface area contributed by atoms with Crippen LogP contribution in [0.5, 0.6) is 0 Å². The molecule has 4 heteroatoms. The largest absolute Gasteiger partial charge is 0.303 e. The van der Waals surface area contributed by atoms with Crippen LogP contribution in [-0.2, 0) is 9.84 Å². The van der Waals surface area contributed by atoms with Gasteiger partial charge in [0, 0.05) is 29.1 Å². The van der Waals surface area contributed by atoms with Gasteiger partial charge in [-0.15, -0.1) is 0 Å². The van der Waals surface area contributed by atoms with Gasteiger partial charge < -0.3 is 4.90 Å². The second kappa shape index (κ2) is 6.06. The second-order valence-electron chi connectivity index (χ2n) is 3.71. The molecule has 1 aliphatic rings. The summed E-state index contributed by atoms with van der Waals surface area (Å²) in [6.07, 6.45) is -11.5. The minimum absolute atomic E-state index is 0.0102. The Morgan fingerprint density at radius 3 is 3.21 bits per heavy atom. The predicted octanol–water partition coefficient (Wildman–Crippen LogP) is 2.68. The molecule has 3 nitrogen and oxygen atoms in total. The lowest BCUT2D eigenvalue weighted by atomic mass is 9.90. The van der Waals surface area contributed by atoms with E-state index in [9.17, 15) is 8.42 Å². The van der Waals surface area contributed by atoms with Crippen molar-refractivity contribution in [2.45, 2.75) is 36.9 Å². The highest BCUT2D eigenvalue weighted by atomic mass is 32.2. The van der Waals surface area contributed by atoms with Gasteiger partial charge in [0.2, 0.25) is 0 Å². The van der Waals surface area contributed by atoms with Gasteiger partial charge in [0.1, 0.15) is 0 Å². The summed E-state index contributed by atoms with van der Waals surface area (Å²) in [5.74, 6) is -3.78. The highest BCUT2D eigenvalue weighted by Gasteiger charge is 2.21. The Bertz CT molecular complexity index is 1140. The first-order valence-electron chi connectivity index (χ1n) is 13.5. The fourth-order valence-electron chi connectivity index (χ4n) is 1.39. The van der Waals surface area contributed by atoms with E-state index in [0.717, 1.165) is 0 Å². The normalized spacial score (nSPS) is 48.9. The van der Waals surface area contributed by atoms with Crippen molar-refractivity contribution in [1.82, 2.24) is 4.90 Å². The van der Waals surface area contributed by atoms with Crippen molar-refractivity contribution in [3.8, 4) is 0 Å². The van der Waals surface area contributed by atoms with E-state index in [0.29, 0.717) is 0 Å². The van der Waals surface area contributed by atoms with E-state index in [2.05, 4.69) is 0 Å². The molecule has 0 radical (unpaired) electrons. The molecular formula is C15H23NO2S. The van der Waals surface area contributed by atoms with Gasteiger partial charge in [-0.3, -0.25) is 0 Å². The molecule has 1 heterocycles. The maximum absolute atomic E-state index is 12.7. The molecule has 0 N–H and O–H groups in total. The minimum Gasteiger partial charge on any atom is -0.303 e. The molecule has 19 heavy (non-hydrogen) atoms. The Labute approximate surface area is 139 Å². The summed E-state index contributed by atoms with van der Waals surface area (Å²) in [6.45, 7) is -6.05. The average Bonchev–Trinajstić information content (AvgIpc) is 2.67. The van der Waals surface area contributed by atoms with E-state index in [1.165, 1.54) is 6.92 Å². The zero-order chi connectivity index (χ0) is 28.0. The van der Waals surface area contributed by atoms with E-state index in [1.54, 1.807) is 0 Å². The molecule has 1 aromatic carbocycles. The molecule has 0 unspecified atom stereocenters. The lowest BCUT2D eigenvalue weighted by molar-refractivity contribution is 0.208. The van der Waals surface area contributed by atoms with Gasteiger partial charge in [-0.2, -0.15) is 0 Å². The lowest BCUT2D eigenvalue weighted by Crippen LogP contribution is -2.34. The third kappa shape index (κ3) is 3.80. The molecule has 0 saturated carbocycles. The van der Waals surface area contributed by atoms with Gasteiger partial charge in [-0.25, -0.2) is 8.42 Å². The molecule has 0 amide bonds. The summed E-state index contributed by atoms with van der Waals surface area (Å²) in [6, 6.07) is -5.75. The Balaban J connectivity index is 3.22. The molecule has 0 spiro atoms. The highest BCUT2D eigenvalue weighted by molar-refractivity contribution is 7.90. The molecule has 1 fully saturated rings. The van der Waals surface area contributed by atoms with Crippen molar-refractivity contribution in [2.75, 3.05) is 25.7 Å². The smallest absolute Gasteiger partial charge is 0.175 e. The van der Waals surface area contributed by atoms with E-state index in [1.807, 2.05) is 0 Å². The Morgan fingerprint density at radius 2 is 2.47 bits per heavy atom. The van der Waals surface area contributed by atoms with Gasteiger partial charge >= 0.3 is 0 Å². The van der Waals surface area contributed by atoms with Crippen LogP contribution < -0.4 is 0 Å². The van der Waals surface area contributed by atoms with E-state index >= 15 is 0 Å². The Hall–Kier alpha value is -0.870. The maximum Gasteiger partial charge on any atom is 0.175 e. The summed E-state index contributed by atoms with van der Waals surface area (Å²) in [5, 5.41) is 0. The summed E-state index contributed by atoms with van der Waals surface area (Å²) < 4.78 is 155. The maximum atomic E-state index is 12.7. The van der Waals surface area contributed by atoms with Crippen LogP contribution >= 0.6 is 0 Å². The molecule has 106 valence electrons. The van der Waals surface area contributed by atoms with Crippen LogP contribution in [0.4, 0.5) is 0 Å². The quantitative estimate of drug-likeness (QED) is 0.857. The van der Waals surface area contributed by atoms with Crippen LogP contribution in [0.2, 0.25) is 0 Å². The number of hydrogen-bond acceptors (Lipinski definition) is 3. The van der Waals surface area contributed by atoms with Crippen molar-refractivity contribution in [3.05, 3.63) is 29.7 Å². The molecule has 1 aliphatic heterocycles. The minimum atomic E-state index is -5.60. The van der Waals surface area contributed by atoms with Gasteiger partial charge in [0.05, 0.1) is 10.4 Å². The van der Waals surface area contributed by atoms with Crippen molar-refractivity contribution in [3.63, 3.8) is 0 Å². The molecule has 1 saturated heterocycles. The summed E-state index contributed by atoms with van der Waals surface area (Å²) in [7, 11) is -5.60. The number of hydrogen-bond donors (Lipinski definition) is 0. The Kier molecular flexibility index (Phi) is 1.37. The summed E-state index contributed by atoms with van der Waals surface area (Å²) in [4.78, 5) is -1.47. The van der Waals surface area contributed by atoms with Crippen LogP contribution in [0.1, 0.15) is 59.5 Å². The summed E-state index contributed by atoms with van der Waals surface area (Å²) in [5.41, 5.74) is -1.49. The van der Waals surface area contributed by atoms with Crippen LogP contribution in [0.25, 0.3) is 0 Å². The number of nitrogens with zero attached hydrogens (tertiary/aromatic N) is 1. The van der Waals surface area contributed by atoms with Crippen molar-refractivity contribution in [1.29, 1.82) is 0 Å². The second-order valence-corrected chi connectivity index (χ2v) is 5.12. The molecule has 1 atom stereocenters. The molecule has 2 rings (SSSR count). The predicted molar refractivity (Wildman–Crippen MR) is 78.3 cm³/mol. The summed E-state index contributed by atoms with van der Waals surface area (Å²) >= 11 is 0. The van der Waals surface area contributed by atoms with Gasteiger partial charge in [0.15, 0.2) is 9.84 Å². The van der Waals surface area contributed by atoms with Crippen LogP contribution in [-0.4, -0.2) is 39.0 Å². The van der Waals surface area contributed by atoms with Gasteiger partial charge in [-0.05, 0) is 55.8 Å². The lowest BCUT2D eigenvalue weighted by Gasteiger charge is -2.32. The standard InChI is InChI=1S/C15H23NO2S/c1-3-9-16-10-5-7-14(12-16)13-6-4-8-15(11-13)19(2,17)18/h4,6,8,11,14H,3,5,7,9-10,12H2,1-2H3/t14-/m1/s1/i2D3,4D,5D2,6D,7D2,8D,10D2,11D,12D2,14D. The molecule has 0 bridgehead atoms. The number of rotatable bonds is 4. The first kappa shape index (κ1) is 4.31. The zero-order valence-corrected chi connectivity index (χ0v) is 10.9. The van der Waals surface area contributed by atoms with E-state index in [-0.39, 0.29) is 11.3 Å². The van der Waals surface area contributed by atoms with Crippen LogP contribution in [0.15, 0.2) is 29.1 Å².